The molecule has 1 aliphatic heterocycles. The second-order valence-corrected chi connectivity index (χ2v) is 7.91. The van der Waals surface area contributed by atoms with Gasteiger partial charge in [-0.25, -0.2) is 19.6 Å². The highest BCUT2D eigenvalue weighted by molar-refractivity contribution is 5.90. The number of anilines is 4. The van der Waals surface area contributed by atoms with Crippen LogP contribution in [-0.4, -0.2) is 44.2 Å². The van der Waals surface area contributed by atoms with Gasteiger partial charge in [0.15, 0.2) is 0 Å². The van der Waals surface area contributed by atoms with Gasteiger partial charge in [-0.3, -0.25) is 4.79 Å². The highest BCUT2D eigenvalue weighted by Gasteiger charge is 2.29. The standard InChI is InChI=1S/C21H24F2N8O/c1-12-8-18(28-20(25-12)21(3,22)23)27-15-9-17(26-13(2)32)24-11-14(15)16-10-19-30(4)6-5-7-31(19)29-16/h8-11H,5-7H2,1-4H3,(H2,24,25,26,27,28,32). The summed E-state index contributed by atoms with van der Waals surface area (Å²) in [5, 5.41) is 10.4. The fraction of sp³-hybridized carbons (Fsp3) is 0.381. The van der Waals surface area contributed by atoms with Crippen molar-refractivity contribution in [3.63, 3.8) is 0 Å². The highest BCUT2D eigenvalue weighted by Crippen LogP contribution is 2.34. The fourth-order valence-corrected chi connectivity index (χ4v) is 3.56. The van der Waals surface area contributed by atoms with Crippen LogP contribution in [0.25, 0.3) is 11.3 Å². The Morgan fingerprint density at radius 2 is 1.94 bits per heavy atom. The fourth-order valence-electron chi connectivity index (χ4n) is 3.56. The van der Waals surface area contributed by atoms with Crippen molar-refractivity contribution in [2.75, 3.05) is 29.1 Å². The maximum atomic E-state index is 13.8. The van der Waals surface area contributed by atoms with Crippen LogP contribution in [0, 0.1) is 6.92 Å². The molecule has 32 heavy (non-hydrogen) atoms. The number of aryl methyl sites for hydroxylation is 2. The van der Waals surface area contributed by atoms with Crippen LogP contribution in [0.15, 0.2) is 24.4 Å². The summed E-state index contributed by atoms with van der Waals surface area (Å²) < 4.78 is 29.6. The molecule has 9 nitrogen and oxygen atoms in total. The van der Waals surface area contributed by atoms with Gasteiger partial charge in [0, 0.05) is 69.6 Å². The molecule has 1 aliphatic rings. The third kappa shape index (κ3) is 4.51. The number of carbonyl (C=O) groups excluding carboxylic acids is 1. The van der Waals surface area contributed by atoms with E-state index in [1.54, 1.807) is 25.3 Å². The van der Waals surface area contributed by atoms with Crippen LogP contribution >= 0.6 is 0 Å². The van der Waals surface area contributed by atoms with Crippen LogP contribution in [0.2, 0.25) is 0 Å². The first-order valence-corrected chi connectivity index (χ1v) is 10.2. The number of amides is 1. The normalized spacial score (nSPS) is 13.6. The molecule has 11 heteroatoms. The molecular weight excluding hydrogens is 418 g/mol. The molecule has 0 saturated heterocycles. The third-order valence-electron chi connectivity index (χ3n) is 5.01. The van der Waals surface area contributed by atoms with E-state index >= 15 is 0 Å². The van der Waals surface area contributed by atoms with E-state index in [1.807, 2.05) is 17.8 Å². The molecule has 1 amide bonds. The maximum Gasteiger partial charge on any atom is 0.303 e. The van der Waals surface area contributed by atoms with E-state index in [-0.39, 0.29) is 11.7 Å². The quantitative estimate of drug-likeness (QED) is 0.621. The van der Waals surface area contributed by atoms with Gasteiger partial charge in [-0.15, -0.1) is 0 Å². The molecule has 0 aromatic carbocycles. The lowest BCUT2D eigenvalue weighted by molar-refractivity contribution is -0.114. The number of pyridine rings is 1. The molecule has 0 unspecified atom stereocenters. The summed E-state index contributed by atoms with van der Waals surface area (Å²) in [5.41, 5.74) is 2.24. The molecule has 0 radical (unpaired) electrons. The molecule has 0 saturated carbocycles. The summed E-state index contributed by atoms with van der Waals surface area (Å²) in [4.78, 5) is 25.8. The van der Waals surface area contributed by atoms with Crippen LogP contribution in [0.3, 0.4) is 0 Å². The van der Waals surface area contributed by atoms with Gasteiger partial charge in [-0.2, -0.15) is 13.9 Å². The minimum absolute atomic E-state index is 0.205. The molecule has 168 valence electrons. The second-order valence-electron chi connectivity index (χ2n) is 7.91. The van der Waals surface area contributed by atoms with E-state index in [4.69, 9.17) is 5.10 Å². The van der Waals surface area contributed by atoms with E-state index < -0.39 is 11.7 Å². The molecule has 3 aromatic heterocycles. The summed E-state index contributed by atoms with van der Waals surface area (Å²) in [7, 11) is 2.00. The molecule has 0 aliphatic carbocycles. The SMILES string of the molecule is CC(=O)Nc1cc(Nc2cc(C)nc(C(C)(F)F)n2)c(-c2cc3n(n2)CCCN3C)cn1. The first-order valence-electron chi connectivity index (χ1n) is 10.2. The number of nitrogens with zero attached hydrogens (tertiary/aromatic N) is 6. The summed E-state index contributed by atoms with van der Waals surface area (Å²) in [6.07, 6.45) is 2.58. The second kappa shape index (κ2) is 8.13. The topological polar surface area (TPSA) is 101 Å². The van der Waals surface area contributed by atoms with Gasteiger partial charge >= 0.3 is 5.92 Å². The van der Waals surface area contributed by atoms with Crippen molar-refractivity contribution in [1.82, 2.24) is 24.7 Å². The summed E-state index contributed by atoms with van der Waals surface area (Å²) in [5.74, 6) is -2.53. The first kappa shape index (κ1) is 21.6. The molecule has 0 atom stereocenters. The number of carbonyl (C=O) groups is 1. The van der Waals surface area contributed by atoms with E-state index in [1.165, 1.54) is 6.92 Å². The molecule has 2 N–H and O–H groups in total. The molecule has 4 rings (SSSR count). The van der Waals surface area contributed by atoms with Gasteiger partial charge in [0.1, 0.15) is 17.5 Å². The average molecular weight is 442 g/mol. The number of alkyl halides is 2. The van der Waals surface area contributed by atoms with Gasteiger partial charge in [0.05, 0.1) is 11.4 Å². The highest BCUT2D eigenvalue weighted by atomic mass is 19.3. The van der Waals surface area contributed by atoms with Crippen LogP contribution in [0.4, 0.5) is 31.9 Å². The van der Waals surface area contributed by atoms with E-state index in [0.29, 0.717) is 28.5 Å². The van der Waals surface area contributed by atoms with Crippen molar-refractivity contribution in [3.05, 3.63) is 35.9 Å². The maximum absolute atomic E-state index is 13.8. The van der Waals surface area contributed by atoms with E-state index in [9.17, 15) is 13.6 Å². The van der Waals surface area contributed by atoms with Crippen molar-refractivity contribution < 1.29 is 13.6 Å². The molecule has 3 aromatic rings. The van der Waals surface area contributed by atoms with Crippen LogP contribution in [0.5, 0.6) is 0 Å². The Bertz CT molecular complexity index is 1170. The largest absolute Gasteiger partial charge is 0.360 e. The monoisotopic (exact) mass is 442 g/mol. The minimum atomic E-state index is -3.18. The number of halogens is 2. The van der Waals surface area contributed by atoms with Gasteiger partial charge in [-0.1, -0.05) is 0 Å². The van der Waals surface area contributed by atoms with Crippen molar-refractivity contribution in [2.45, 2.75) is 39.7 Å². The summed E-state index contributed by atoms with van der Waals surface area (Å²) >= 11 is 0. The Hall–Kier alpha value is -3.63. The third-order valence-corrected chi connectivity index (χ3v) is 5.01. The van der Waals surface area contributed by atoms with Gasteiger partial charge < -0.3 is 15.5 Å². The van der Waals surface area contributed by atoms with E-state index in [0.717, 1.165) is 32.3 Å². The Labute approximate surface area is 183 Å². The molecule has 0 fully saturated rings. The van der Waals surface area contributed by atoms with Gasteiger partial charge in [-0.05, 0) is 13.3 Å². The van der Waals surface area contributed by atoms with Crippen molar-refractivity contribution in [1.29, 1.82) is 0 Å². The van der Waals surface area contributed by atoms with Crippen LogP contribution in [0.1, 0.15) is 31.8 Å². The number of hydrogen-bond donors (Lipinski definition) is 2. The lowest BCUT2D eigenvalue weighted by Crippen LogP contribution is -2.27. The smallest absolute Gasteiger partial charge is 0.303 e. The van der Waals surface area contributed by atoms with Crippen LogP contribution in [-0.2, 0) is 17.3 Å². The number of nitrogens with one attached hydrogen (secondary N) is 2. The zero-order valence-electron chi connectivity index (χ0n) is 18.3. The van der Waals surface area contributed by atoms with Crippen LogP contribution < -0.4 is 15.5 Å². The Morgan fingerprint density at radius 3 is 2.62 bits per heavy atom. The predicted molar refractivity (Wildman–Crippen MR) is 117 cm³/mol. The summed E-state index contributed by atoms with van der Waals surface area (Å²) in [6, 6.07) is 5.15. The zero-order chi connectivity index (χ0) is 23.0. The van der Waals surface area contributed by atoms with Gasteiger partial charge in [0.25, 0.3) is 0 Å². The van der Waals surface area contributed by atoms with Crippen molar-refractivity contribution in [2.24, 2.45) is 0 Å². The first-order chi connectivity index (χ1) is 15.1. The average Bonchev–Trinajstić information content (AvgIpc) is 3.12. The lowest BCUT2D eigenvalue weighted by Gasteiger charge is -2.24. The molecule has 4 heterocycles. The molecular formula is C21H24F2N8O. The zero-order valence-corrected chi connectivity index (χ0v) is 18.3. The number of fused-ring (bicyclic) bond motifs is 1. The van der Waals surface area contributed by atoms with Crippen molar-refractivity contribution >= 4 is 29.0 Å². The Morgan fingerprint density at radius 1 is 1.16 bits per heavy atom. The van der Waals surface area contributed by atoms with E-state index in [2.05, 4.69) is 30.5 Å². The molecule has 0 spiro atoms. The Kier molecular flexibility index (Phi) is 5.49. The number of rotatable bonds is 5. The number of hydrogen-bond acceptors (Lipinski definition) is 7. The van der Waals surface area contributed by atoms with Gasteiger partial charge in [0.2, 0.25) is 11.7 Å². The predicted octanol–water partition coefficient (Wildman–Crippen LogP) is 3.70. The lowest BCUT2D eigenvalue weighted by atomic mass is 10.1. The Balaban J connectivity index is 1.78. The number of aromatic nitrogens is 5. The molecule has 0 bridgehead atoms. The summed E-state index contributed by atoms with van der Waals surface area (Å²) in [6.45, 7) is 5.50. The van der Waals surface area contributed by atoms with Crippen molar-refractivity contribution in [3.8, 4) is 11.3 Å². The minimum Gasteiger partial charge on any atom is -0.360 e.